The van der Waals surface area contributed by atoms with Gasteiger partial charge in [0.25, 0.3) is 0 Å². The van der Waals surface area contributed by atoms with Gasteiger partial charge in [-0.2, -0.15) is 0 Å². The van der Waals surface area contributed by atoms with E-state index in [-0.39, 0.29) is 5.92 Å². The summed E-state index contributed by atoms with van der Waals surface area (Å²) in [4.78, 5) is 0. The highest BCUT2D eigenvalue weighted by atomic mass is 35.5. The molecule has 100 valence electrons. The molecular formula is C17H18Cl2. The number of rotatable bonds is 4. The minimum Gasteiger partial charge on any atom is -0.126 e. The molecule has 2 aromatic carbocycles. The van der Waals surface area contributed by atoms with Crippen molar-refractivity contribution in [1.82, 2.24) is 0 Å². The summed E-state index contributed by atoms with van der Waals surface area (Å²) in [5, 5.41) is 0.804. The van der Waals surface area contributed by atoms with Gasteiger partial charge in [-0.15, -0.1) is 11.6 Å². The predicted molar refractivity (Wildman–Crippen MR) is 84.5 cm³/mol. The second-order valence-electron chi connectivity index (χ2n) is 5.01. The van der Waals surface area contributed by atoms with E-state index in [1.54, 1.807) is 0 Å². The van der Waals surface area contributed by atoms with Gasteiger partial charge in [-0.05, 0) is 43.0 Å². The summed E-state index contributed by atoms with van der Waals surface area (Å²) in [6, 6.07) is 14.5. The second kappa shape index (κ2) is 6.45. The topological polar surface area (TPSA) is 0 Å². The average Bonchev–Trinajstić information content (AvgIpc) is 2.41. The Balaban J connectivity index is 2.29. The molecule has 0 heterocycles. The summed E-state index contributed by atoms with van der Waals surface area (Å²) in [6.45, 7) is 4.26. The smallest absolute Gasteiger partial charge is 0.0441 e. The van der Waals surface area contributed by atoms with Crippen LogP contribution in [0.2, 0.25) is 5.02 Å². The largest absolute Gasteiger partial charge is 0.126 e. The van der Waals surface area contributed by atoms with Gasteiger partial charge in [0.15, 0.2) is 0 Å². The monoisotopic (exact) mass is 292 g/mol. The average molecular weight is 293 g/mol. The van der Waals surface area contributed by atoms with Crippen molar-refractivity contribution in [2.75, 3.05) is 5.88 Å². The lowest BCUT2D eigenvalue weighted by Crippen LogP contribution is -2.06. The number of benzene rings is 2. The fourth-order valence-corrected chi connectivity index (χ4v) is 2.90. The molecule has 0 aromatic heterocycles. The summed E-state index contributed by atoms with van der Waals surface area (Å²) in [5.74, 6) is 0.841. The molecule has 0 aliphatic rings. The Morgan fingerprint density at radius 2 is 1.79 bits per heavy atom. The molecule has 2 heteroatoms. The van der Waals surface area contributed by atoms with Gasteiger partial charge in [-0.3, -0.25) is 0 Å². The molecule has 0 nitrogen and oxygen atoms in total. The predicted octanol–water partition coefficient (Wildman–Crippen LogP) is 5.52. The number of aryl methyl sites for hydroxylation is 2. The molecule has 2 aromatic rings. The third-order valence-electron chi connectivity index (χ3n) is 3.50. The van der Waals surface area contributed by atoms with E-state index in [4.69, 9.17) is 23.2 Å². The Labute approximate surface area is 125 Å². The van der Waals surface area contributed by atoms with Crippen molar-refractivity contribution in [2.24, 2.45) is 0 Å². The molecule has 1 atom stereocenters. The lowest BCUT2D eigenvalue weighted by atomic mass is 9.91. The standard InChI is InChI=1S/C17H18Cl2/c1-12-7-8-13(2)14(9-12)10-15(11-18)16-5-3-4-6-17(16)19/h3-9,15H,10-11H2,1-2H3. The van der Waals surface area contributed by atoms with Crippen LogP contribution in [0.25, 0.3) is 0 Å². The molecule has 0 bridgehead atoms. The van der Waals surface area contributed by atoms with Crippen LogP contribution < -0.4 is 0 Å². The zero-order valence-corrected chi connectivity index (χ0v) is 12.8. The quantitative estimate of drug-likeness (QED) is 0.651. The van der Waals surface area contributed by atoms with E-state index in [0.717, 1.165) is 17.0 Å². The van der Waals surface area contributed by atoms with Crippen LogP contribution in [0.15, 0.2) is 42.5 Å². The SMILES string of the molecule is Cc1ccc(C)c(CC(CCl)c2ccccc2Cl)c1. The van der Waals surface area contributed by atoms with Crippen LogP contribution in [0.4, 0.5) is 0 Å². The molecule has 0 N–H and O–H groups in total. The molecule has 0 amide bonds. The first-order chi connectivity index (χ1) is 9.11. The molecule has 0 fully saturated rings. The summed E-state index contributed by atoms with van der Waals surface area (Å²) < 4.78 is 0. The van der Waals surface area contributed by atoms with Crippen molar-refractivity contribution in [3.8, 4) is 0 Å². The van der Waals surface area contributed by atoms with Crippen molar-refractivity contribution in [3.05, 3.63) is 69.7 Å². The third-order valence-corrected chi connectivity index (χ3v) is 4.22. The summed E-state index contributed by atoms with van der Waals surface area (Å²) in [6.07, 6.45) is 0.931. The van der Waals surface area contributed by atoms with Crippen molar-refractivity contribution < 1.29 is 0 Å². The normalized spacial score (nSPS) is 12.4. The molecule has 0 saturated heterocycles. The zero-order chi connectivity index (χ0) is 13.8. The van der Waals surface area contributed by atoms with Gasteiger partial charge in [0.1, 0.15) is 0 Å². The number of alkyl halides is 1. The van der Waals surface area contributed by atoms with E-state index < -0.39 is 0 Å². The molecule has 0 aliphatic heterocycles. The van der Waals surface area contributed by atoms with Gasteiger partial charge in [-0.1, -0.05) is 53.6 Å². The van der Waals surface area contributed by atoms with Crippen molar-refractivity contribution in [3.63, 3.8) is 0 Å². The van der Waals surface area contributed by atoms with Crippen LogP contribution in [0.1, 0.15) is 28.2 Å². The van der Waals surface area contributed by atoms with Gasteiger partial charge in [0.05, 0.1) is 0 Å². The first kappa shape index (κ1) is 14.4. The van der Waals surface area contributed by atoms with E-state index in [9.17, 15) is 0 Å². The third kappa shape index (κ3) is 3.52. The van der Waals surface area contributed by atoms with Crippen LogP contribution >= 0.6 is 23.2 Å². The second-order valence-corrected chi connectivity index (χ2v) is 5.72. The molecule has 19 heavy (non-hydrogen) atoms. The Kier molecular flexibility index (Phi) is 4.90. The van der Waals surface area contributed by atoms with Gasteiger partial charge in [-0.25, -0.2) is 0 Å². The Morgan fingerprint density at radius 1 is 1.05 bits per heavy atom. The molecule has 1 unspecified atom stereocenters. The van der Waals surface area contributed by atoms with Crippen molar-refractivity contribution in [2.45, 2.75) is 26.2 Å². The fourth-order valence-electron chi connectivity index (χ4n) is 2.34. The van der Waals surface area contributed by atoms with Gasteiger partial charge < -0.3 is 0 Å². The fraction of sp³-hybridized carbons (Fsp3) is 0.294. The van der Waals surface area contributed by atoms with Crippen LogP contribution in [-0.4, -0.2) is 5.88 Å². The van der Waals surface area contributed by atoms with Gasteiger partial charge >= 0.3 is 0 Å². The zero-order valence-electron chi connectivity index (χ0n) is 11.3. The lowest BCUT2D eigenvalue weighted by molar-refractivity contribution is 0.762. The highest BCUT2D eigenvalue weighted by Crippen LogP contribution is 2.29. The maximum atomic E-state index is 6.28. The maximum Gasteiger partial charge on any atom is 0.0441 e. The van der Waals surface area contributed by atoms with E-state index in [1.165, 1.54) is 16.7 Å². The van der Waals surface area contributed by atoms with E-state index >= 15 is 0 Å². The van der Waals surface area contributed by atoms with Crippen LogP contribution in [0.5, 0.6) is 0 Å². The lowest BCUT2D eigenvalue weighted by Gasteiger charge is -2.17. The first-order valence-corrected chi connectivity index (χ1v) is 7.39. The Bertz CT molecular complexity index is 561. The van der Waals surface area contributed by atoms with Gasteiger partial charge in [0.2, 0.25) is 0 Å². The Hall–Kier alpha value is -0.980. The van der Waals surface area contributed by atoms with E-state index in [0.29, 0.717) is 5.88 Å². The first-order valence-electron chi connectivity index (χ1n) is 6.48. The van der Waals surface area contributed by atoms with Crippen LogP contribution in [-0.2, 0) is 6.42 Å². The van der Waals surface area contributed by atoms with Crippen molar-refractivity contribution in [1.29, 1.82) is 0 Å². The summed E-state index contributed by atoms with van der Waals surface area (Å²) >= 11 is 12.4. The van der Waals surface area contributed by atoms with E-state index in [2.05, 4.69) is 38.1 Å². The van der Waals surface area contributed by atoms with Gasteiger partial charge in [0, 0.05) is 16.8 Å². The number of hydrogen-bond donors (Lipinski definition) is 0. The highest BCUT2D eigenvalue weighted by Gasteiger charge is 2.15. The van der Waals surface area contributed by atoms with E-state index in [1.807, 2.05) is 18.2 Å². The molecule has 0 radical (unpaired) electrons. The number of halogens is 2. The summed E-state index contributed by atoms with van der Waals surface area (Å²) in [5.41, 5.74) is 5.09. The van der Waals surface area contributed by atoms with Crippen LogP contribution in [0, 0.1) is 13.8 Å². The number of hydrogen-bond acceptors (Lipinski definition) is 0. The molecule has 0 spiro atoms. The Morgan fingerprint density at radius 3 is 2.47 bits per heavy atom. The maximum absolute atomic E-state index is 6.28. The molecule has 2 rings (SSSR count). The molecule has 0 saturated carbocycles. The minimum absolute atomic E-state index is 0.260. The highest BCUT2D eigenvalue weighted by molar-refractivity contribution is 6.31. The summed E-state index contributed by atoms with van der Waals surface area (Å²) in [7, 11) is 0. The van der Waals surface area contributed by atoms with Crippen molar-refractivity contribution >= 4 is 23.2 Å². The van der Waals surface area contributed by atoms with Crippen LogP contribution in [0.3, 0.4) is 0 Å². The molecule has 0 aliphatic carbocycles. The molecular weight excluding hydrogens is 275 g/mol. The minimum atomic E-state index is 0.260.